The van der Waals surface area contributed by atoms with Crippen molar-refractivity contribution in [1.82, 2.24) is 5.09 Å². The van der Waals surface area contributed by atoms with E-state index < -0.39 is 20.2 Å². The minimum atomic E-state index is -2.52. The highest BCUT2D eigenvalue weighted by Crippen LogP contribution is 2.24. The highest BCUT2D eigenvalue weighted by Gasteiger charge is 2.21. The largest absolute Gasteiger partial charge is 0.460 e. The molecular weight excluding hydrogens is 385 g/mol. The normalized spacial score (nSPS) is 13.8. The van der Waals surface area contributed by atoms with E-state index in [0.717, 1.165) is 17.7 Å². The van der Waals surface area contributed by atoms with Crippen LogP contribution >= 0.6 is 19.9 Å². The van der Waals surface area contributed by atoms with Crippen molar-refractivity contribution in [2.24, 2.45) is 5.41 Å². The molecule has 0 bridgehead atoms. The summed E-state index contributed by atoms with van der Waals surface area (Å²) >= 11 is 1.32. The Morgan fingerprint density at radius 2 is 1.85 bits per heavy atom. The molecule has 1 aromatic rings. The van der Waals surface area contributed by atoms with Gasteiger partial charge in [0.1, 0.15) is 12.6 Å². The van der Waals surface area contributed by atoms with Crippen molar-refractivity contribution in [3.63, 3.8) is 0 Å². The third kappa shape index (κ3) is 10.7. The molecular formula is C19H30NO5PS. The van der Waals surface area contributed by atoms with Gasteiger partial charge in [0.2, 0.25) is 0 Å². The minimum Gasteiger partial charge on any atom is -0.460 e. The van der Waals surface area contributed by atoms with E-state index in [2.05, 4.69) is 5.09 Å². The molecule has 0 aliphatic carbocycles. The van der Waals surface area contributed by atoms with Crippen LogP contribution in [0.4, 0.5) is 0 Å². The molecule has 0 radical (unpaired) electrons. The molecule has 0 saturated heterocycles. The lowest BCUT2D eigenvalue weighted by atomic mass is 10.00. The number of carbonyl (C=O) groups is 2. The molecule has 6 nitrogen and oxygen atoms in total. The maximum absolute atomic E-state index is 11.9. The van der Waals surface area contributed by atoms with Gasteiger partial charge in [0.05, 0.1) is 6.61 Å². The third-order valence-electron chi connectivity index (χ3n) is 3.53. The second kappa shape index (κ2) is 12.3. The molecule has 0 aromatic heterocycles. The van der Waals surface area contributed by atoms with Gasteiger partial charge < -0.3 is 9.26 Å². The number of thioether (sulfide) groups is 1. The van der Waals surface area contributed by atoms with Crippen molar-refractivity contribution >= 4 is 31.0 Å². The Balaban J connectivity index is 2.13. The number of esters is 1. The summed E-state index contributed by atoms with van der Waals surface area (Å²) in [6.45, 7) is 7.78. The monoisotopic (exact) mass is 415 g/mol. The lowest BCUT2D eigenvalue weighted by Crippen LogP contribution is -2.31. The average molecular weight is 415 g/mol. The Morgan fingerprint density at radius 1 is 1.19 bits per heavy atom. The molecule has 0 heterocycles. The van der Waals surface area contributed by atoms with E-state index in [0.29, 0.717) is 13.0 Å². The fraction of sp³-hybridized carbons (Fsp3) is 0.579. The summed E-state index contributed by atoms with van der Waals surface area (Å²) in [6.07, 6.45) is 1.51. The SMILES string of the molecule is C[C@H](N[PH](=O)OCCCCSC(=O)C(C)(C)C)C(=O)OCc1ccccc1. The average Bonchev–Trinajstić information content (AvgIpc) is 2.62. The summed E-state index contributed by atoms with van der Waals surface area (Å²) in [5.41, 5.74) is 0.561. The van der Waals surface area contributed by atoms with Crippen LogP contribution in [0.15, 0.2) is 30.3 Å². The quantitative estimate of drug-likeness (QED) is 0.329. The first-order valence-corrected chi connectivity index (χ1v) is 11.3. The predicted molar refractivity (Wildman–Crippen MR) is 110 cm³/mol. The lowest BCUT2D eigenvalue weighted by Gasteiger charge is -2.15. The van der Waals surface area contributed by atoms with Gasteiger partial charge in [-0.05, 0) is 25.3 Å². The number of ether oxygens (including phenoxy) is 1. The van der Waals surface area contributed by atoms with Crippen LogP contribution in [-0.4, -0.2) is 29.5 Å². The molecule has 0 aliphatic rings. The zero-order valence-corrected chi connectivity index (χ0v) is 18.3. The topological polar surface area (TPSA) is 81.7 Å². The Labute approximate surface area is 166 Å². The maximum atomic E-state index is 11.9. The Kier molecular flexibility index (Phi) is 10.9. The molecule has 2 atom stereocenters. The van der Waals surface area contributed by atoms with Crippen LogP contribution in [0, 0.1) is 5.41 Å². The fourth-order valence-corrected chi connectivity index (χ4v) is 3.73. The molecule has 0 saturated carbocycles. The second-order valence-electron chi connectivity index (χ2n) is 7.19. The molecule has 1 unspecified atom stereocenters. The summed E-state index contributed by atoms with van der Waals surface area (Å²) in [5, 5.41) is 2.80. The summed E-state index contributed by atoms with van der Waals surface area (Å²) < 4.78 is 22.3. The van der Waals surface area contributed by atoms with Crippen LogP contribution in [0.2, 0.25) is 0 Å². The highest BCUT2D eigenvalue weighted by molar-refractivity contribution is 8.13. The number of rotatable bonds is 11. The highest BCUT2D eigenvalue weighted by atomic mass is 32.2. The Hall–Kier alpha value is -1.14. The van der Waals surface area contributed by atoms with E-state index in [1.807, 2.05) is 51.1 Å². The van der Waals surface area contributed by atoms with E-state index in [-0.39, 0.29) is 17.1 Å². The lowest BCUT2D eigenvalue weighted by molar-refractivity contribution is -0.146. The van der Waals surface area contributed by atoms with Gasteiger partial charge >= 0.3 is 5.97 Å². The van der Waals surface area contributed by atoms with Crippen LogP contribution in [0.25, 0.3) is 0 Å². The zero-order valence-electron chi connectivity index (χ0n) is 16.4. The molecule has 152 valence electrons. The number of carbonyl (C=O) groups excluding carboxylic acids is 2. The number of unbranched alkanes of at least 4 members (excludes halogenated alkanes) is 1. The van der Waals surface area contributed by atoms with E-state index in [9.17, 15) is 14.2 Å². The fourth-order valence-electron chi connectivity index (χ4n) is 1.88. The van der Waals surface area contributed by atoms with Gasteiger partial charge in [0, 0.05) is 11.2 Å². The molecule has 27 heavy (non-hydrogen) atoms. The van der Waals surface area contributed by atoms with E-state index in [1.54, 1.807) is 6.92 Å². The van der Waals surface area contributed by atoms with Gasteiger partial charge in [0.15, 0.2) is 5.12 Å². The zero-order chi connectivity index (χ0) is 20.3. The molecule has 0 amide bonds. The van der Waals surface area contributed by atoms with Crippen LogP contribution in [-0.2, 0) is 30.0 Å². The smallest absolute Gasteiger partial charge is 0.323 e. The van der Waals surface area contributed by atoms with Gasteiger partial charge in [-0.25, -0.2) is 5.09 Å². The summed E-state index contributed by atoms with van der Waals surface area (Å²) in [6, 6.07) is 8.65. The predicted octanol–water partition coefficient (Wildman–Crippen LogP) is 4.20. The molecule has 1 aromatic carbocycles. The molecule has 1 rings (SSSR count). The first kappa shape index (κ1) is 23.9. The van der Waals surface area contributed by atoms with Crippen molar-refractivity contribution in [2.45, 2.75) is 53.2 Å². The Bertz CT molecular complexity index is 618. The van der Waals surface area contributed by atoms with E-state index in [4.69, 9.17) is 9.26 Å². The number of hydrogen-bond acceptors (Lipinski definition) is 6. The maximum Gasteiger partial charge on any atom is 0.323 e. The van der Waals surface area contributed by atoms with Gasteiger partial charge in [-0.3, -0.25) is 14.2 Å². The summed E-state index contributed by atoms with van der Waals surface area (Å²) in [5.74, 6) is 0.244. The molecule has 1 N–H and O–H groups in total. The van der Waals surface area contributed by atoms with Gasteiger partial charge in [-0.1, -0.05) is 62.9 Å². The van der Waals surface area contributed by atoms with Crippen molar-refractivity contribution in [3.05, 3.63) is 35.9 Å². The standard InChI is InChI=1S/C19H30NO5PS/c1-15(17(21)24-14-16-10-6-5-7-11-16)20-26(23)25-12-8-9-13-27-18(22)19(2,3)4/h5-7,10-11,15,26H,8-9,12-14H2,1-4H3,(H,20,23)/t15-/m0/s1. The van der Waals surface area contributed by atoms with E-state index in [1.165, 1.54) is 11.8 Å². The van der Waals surface area contributed by atoms with Crippen molar-refractivity contribution < 1.29 is 23.4 Å². The molecule has 0 aliphatic heterocycles. The number of hydrogen-bond donors (Lipinski definition) is 1. The van der Waals surface area contributed by atoms with Crippen LogP contribution < -0.4 is 5.09 Å². The van der Waals surface area contributed by atoms with E-state index >= 15 is 0 Å². The summed E-state index contributed by atoms with van der Waals surface area (Å²) in [7, 11) is -2.52. The van der Waals surface area contributed by atoms with Crippen molar-refractivity contribution in [3.8, 4) is 0 Å². The van der Waals surface area contributed by atoms with Crippen LogP contribution in [0.1, 0.15) is 46.1 Å². The van der Waals surface area contributed by atoms with Gasteiger partial charge in [-0.15, -0.1) is 0 Å². The first-order chi connectivity index (χ1) is 12.7. The van der Waals surface area contributed by atoms with Crippen LogP contribution in [0.5, 0.6) is 0 Å². The first-order valence-electron chi connectivity index (χ1n) is 9.01. The van der Waals surface area contributed by atoms with Crippen LogP contribution in [0.3, 0.4) is 0 Å². The van der Waals surface area contributed by atoms with Crippen molar-refractivity contribution in [1.29, 1.82) is 0 Å². The minimum absolute atomic E-state index is 0.168. The molecule has 0 spiro atoms. The number of benzene rings is 1. The van der Waals surface area contributed by atoms with Crippen molar-refractivity contribution in [2.75, 3.05) is 12.4 Å². The van der Waals surface area contributed by atoms with Gasteiger partial charge in [0.25, 0.3) is 8.18 Å². The summed E-state index contributed by atoms with van der Waals surface area (Å²) in [4.78, 5) is 23.7. The van der Waals surface area contributed by atoms with Gasteiger partial charge in [-0.2, -0.15) is 0 Å². The molecule has 0 fully saturated rings. The number of nitrogens with one attached hydrogen (secondary N) is 1. The molecule has 8 heteroatoms. The second-order valence-corrected chi connectivity index (χ2v) is 9.41. The Morgan fingerprint density at radius 3 is 2.48 bits per heavy atom. The third-order valence-corrected chi connectivity index (χ3v) is 6.03.